The number of anilines is 2. The van der Waals surface area contributed by atoms with Crippen molar-refractivity contribution in [2.24, 2.45) is 0 Å². The van der Waals surface area contributed by atoms with Gasteiger partial charge in [-0.2, -0.15) is 0 Å². The lowest BCUT2D eigenvalue weighted by Crippen LogP contribution is -2.26. The largest absolute Gasteiger partial charge is 0.399 e. The third kappa shape index (κ3) is 3.56. The molecule has 0 fully saturated rings. The summed E-state index contributed by atoms with van der Waals surface area (Å²) in [5.74, 6) is -0.400. The molecule has 3 rings (SSSR count). The van der Waals surface area contributed by atoms with E-state index in [1.807, 2.05) is 13.0 Å². The van der Waals surface area contributed by atoms with E-state index in [2.05, 4.69) is 10.3 Å². The van der Waals surface area contributed by atoms with Gasteiger partial charge in [-0.1, -0.05) is 6.07 Å². The summed E-state index contributed by atoms with van der Waals surface area (Å²) in [6, 6.07) is 7.03. The number of nitrogens with two attached hydrogens (primary N) is 1. The van der Waals surface area contributed by atoms with E-state index in [9.17, 15) is 9.59 Å². The van der Waals surface area contributed by atoms with Gasteiger partial charge in [-0.05, 0) is 61.9 Å². The highest BCUT2D eigenvalue weighted by Crippen LogP contribution is 2.21. The van der Waals surface area contributed by atoms with Crippen LogP contribution < -0.4 is 16.6 Å². The molecular weight excluding hydrogens is 314 g/mol. The Morgan fingerprint density at radius 1 is 1.22 bits per heavy atom. The van der Waals surface area contributed by atoms with E-state index in [-0.39, 0.29) is 23.5 Å². The van der Waals surface area contributed by atoms with Gasteiger partial charge in [-0.25, -0.2) is 0 Å². The molecule has 1 aliphatic carbocycles. The Morgan fingerprint density at radius 2 is 1.96 bits per heavy atom. The molecule has 1 aromatic carbocycles. The number of benzene rings is 1. The Balaban J connectivity index is 0.00000192. The van der Waals surface area contributed by atoms with Crippen molar-refractivity contribution in [2.45, 2.75) is 32.6 Å². The minimum absolute atomic E-state index is 0. The summed E-state index contributed by atoms with van der Waals surface area (Å²) in [5, 5.41) is 2.78. The van der Waals surface area contributed by atoms with Gasteiger partial charge in [0, 0.05) is 17.1 Å². The minimum atomic E-state index is -0.400. The number of pyridine rings is 1. The SMILES string of the molecule is Cc1ccc(N)cc1NC(=O)c1cc2c([nH]c1=O)CCCC2.Cl. The highest BCUT2D eigenvalue weighted by atomic mass is 35.5. The summed E-state index contributed by atoms with van der Waals surface area (Å²) in [6.45, 7) is 1.88. The fraction of sp³-hybridized carbons (Fsp3) is 0.294. The van der Waals surface area contributed by atoms with Crippen LogP contribution in [0.2, 0.25) is 0 Å². The Bertz CT molecular complexity index is 799. The van der Waals surface area contributed by atoms with E-state index in [0.29, 0.717) is 11.4 Å². The molecule has 0 saturated heterocycles. The number of nitrogen functional groups attached to an aromatic ring is 1. The zero-order valence-electron chi connectivity index (χ0n) is 12.9. The summed E-state index contributed by atoms with van der Waals surface area (Å²) >= 11 is 0. The smallest absolute Gasteiger partial charge is 0.261 e. The van der Waals surface area contributed by atoms with Crippen LogP contribution in [0.5, 0.6) is 0 Å². The number of carbonyl (C=O) groups is 1. The summed E-state index contributed by atoms with van der Waals surface area (Å²) in [5.41, 5.74) is 9.70. The zero-order chi connectivity index (χ0) is 15.7. The normalized spacial score (nSPS) is 12.9. The molecule has 5 nitrogen and oxygen atoms in total. The molecule has 0 atom stereocenters. The second-order valence-electron chi connectivity index (χ2n) is 5.75. The molecule has 0 radical (unpaired) electrons. The third-order valence-corrected chi connectivity index (χ3v) is 4.09. The number of carbonyl (C=O) groups excluding carboxylic acids is 1. The van der Waals surface area contributed by atoms with Crippen molar-refractivity contribution >= 4 is 29.7 Å². The molecule has 0 unspecified atom stereocenters. The maximum atomic E-state index is 12.4. The first-order valence-electron chi connectivity index (χ1n) is 7.47. The molecule has 0 spiro atoms. The molecule has 0 bridgehead atoms. The van der Waals surface area contributed by atoms with Crippen LogP contribution in [0.3, 0.4) is 0 Å². The Labute approximate surface area is 140 Å². The van der Waals surface area contributed by atoms with Crippen molar-refractivity contribution in [1.82, 2.24) is 4.98 Å². The van der Waals surface area contributed by atoms with Crippen molar-refractivity contribution in [3.8, 4) is 0 Å². The standard InChI is InChI=1S/C17H19N3O2.ClH/c1-10-6-7-12(18)9-15(10)20-17(22)13-8-11-4-2-3-5-14(11)19-16(13)21;/h6-9H,2-5,18H2,1H3,(H,19,21)(H,20,22);1H. The lowest BCUT2D eigenvalue weighted by Gasteiger charge is -2.16. The molecule has 23 heavy (non-hydrogen) atoms. The minimum Gasteiger partial charge on any atom is -0.399 e. The van der Waals surface area contributed by atoms with Crippen molar-refractivity contribution in [2.75, 3.05) is 11.1 Å². The van der Waals surface area contributed by atoms with Gasteiger partial charge in [-0.15, -0.1) is 12.4 Å². The van der Waals surface area contributed by atoms with Gasteiger partial charge < -0.3 is 16.0 Å². The van der Waals surface area contributed by atoms with Gasteiger partial charge in [0.25, 0.3) is 11.5 Å². The van der Waals surface area contributed by atoms with Crippen molar-refractivity contribution in [1.29, 1.82) is 0 Å². The Kier molecular flexibility index (Phi) is 5.11. The first-order valence-corrected chi connectivity index (χ1v) is 7.47. The van der Waals surface area contributed by atoms with Crippen molar-refractivity contribution in [3.63, 3.8) is 0 Å². The zero-order valence-corrected chi connectivity index (χ0v) is 13.8. The number of fused-ring (bicyclic) bond motifs is 1. The van der Waals surface area contributed by atoms with Gasteiger partial charge in [0.2, 0.25) is 0 Å². The number of H-pyrrole nitrogens is 1. The molecule has 2 aromatic rings. The number of halogens is 1. The molecular formula is C17H20ClN3O2. The van der Waals surface area contributed by atoms with Gasteiger partial charge in [0.05, 0.1) is 0 Å². The topological polar surface area (TPSA) is 88.0 Å². The number of aromatic amines is 1. The van der Waals surface area contributed by atoms with Crippen LogP contribution >= 0.6 is 12.4 Å². The number of aryl methyl sites for hydroxylation is 3. The summed E-state index contributed by atoms with van der Waals surface area (Å²) in [6.07, 6.45) is 3.95. The average molecular weight is 334 g/mol. The Morgan fingerprint density at radius 3 is 2.74 bits per heavy atom. The first-order chi connectivity index (χ1) is 10.5. The molecule has 122 valence electrons. The molecule has 4 N–H and O–H groups in total. The van der Waals surface area contributed by atoms with Crippen LogP contribution in [-0.2, 0) is 12.8 Å². The van der Waals surface area contributed by atoms with Crippen LogP contribution in [0.4, 0.5) is 11.4 Å². The van der Waals surface area contributed by atoms with Crippen LogP contribution in [0, 0.1) is 6.92 Å². The number of aromatic nitrogens is 1. The average Bonchev–Trinajstić information content (AvgIpc) is 2.50. The summed E-state index contributed by atoms with van der Waals surface area (Å²) < 4.78 is 0. The molecule has 0 aliphatic heterocycles. The molecule has 1 heterocycles. The van der Waals surface area contributed by atoms with Gasteiger partial charge in [0.1, 0.15) is 5.56 Å². The highest BCUT2D eigenvalue weighted by Gasteiger charge is 2.17. The predicted octanol–water partition coefficient (Wildman–Crippen LogP) is 2.82. The van der Waals surface area contributed by atoms with Crippen LogP contribution in [0.25, 0.3) is 0 Å². The molecule has 6 heteroatoms. The van der Waals surface area contributed by atoms with Crippen LogP contribution in [0.1, 0.15) is 40.0 Å². The van der Waals surface area contributed by atoms with Gasteiger partial charge in [-0.3, -0.25) is 9.59 Å². The molecule has 1 amide bonds. The van der Waals surface area contributed by atoms with E-state index < -0.39 is 5.91 Å². The maximum absolute atomic E-state index is 12.4. The second-order valence-corrected chi connectivity index (χ2v) is 5.75. The quantitative estimate of drug-likeness (QED) is 0.738. The van der Waals surface area contributed by atoms with E-state index in [4.69, 9.17) is 5.73 Å². The number of rotatable bonds is 2. The Hall–Kier alpha value is -2.27. The number of amides is 1. The van der Waals surface area contributed by atoms with Crippen molar-refractivity contribution < 1.29 is 4.79 Å². The summed E-state index contributed by atoms with van der Waals surface area (Å²) in [4.78, 5) is 27.4. The summed E-state index contributed by atoms with van der Waals surface area (Å²) in [7, 11) is 0. The molecule has 1 aromatic heterocycles. The monoisotopic (exact) mass is 333 g/mol. The fourth-order valence-corrected chi connectivity index (χ4v) is 2.81. The van der Waals surface area contributed by atoms with Crippen LogP contribution in [-0.4, -0.2) is 10.9 Å². The van der Waals surface area contributed by atoms with E-state index in [0.717, 1.165) is 42.5 Å². The van der Waals surface area contributed by atoms with E-state index in [1.165, 1.54) is 0 Å². The van der Waals surface area contributed by atoms with Crippen molar-refractivity contribution in [3.05, 3.63) is 57.0 Å². The fourth-order valence-electron chi connectivity index (χ4n) is 2.81. The second kappa shape index (κ2) is 6.87. The lowest BCUT2D eigenvalue weighted by atomic mass is 9.95. The molecule has 0 saturated carbocycles. The third-order valence-electron chi connectivity index (χ3n) is 4.09. The molecule has 1 aliphatic rings. The predicted molar refractivity (Wildman–Crippen MR) is 94.5 cm³/mol. The van der Waals surface area contributed by atoms with Gasteiger partial charge >= 0.3 is 0 Å². The van der Waals surface area contributed by atoms with Crippen LogP contribution in [0.15, 0.2) is 29.1 Å². The number of hydrogen-bond acceptors (Lipinski definition) is 3. The first kappa shape index (κ1) is 17.1. The number of hydrogen-bond donors (Lipinski definition) is 3. The highest BCUT2D eigenvalue weighted by molar-refractivity contribution is 6.04. The van der Waals surface area contributed by atoms with Gasteiger partial charge in [0.15, 0.2) is 0 Å². The maximum Gasteiger partial charge on any atom is 0.261 e. The number of nitrogens with one attached hydrogen (secondary N) is 2. The van der Waals surface area contributed by atoms with E-state index in [1.54, 1.807) is 18.2 Å². The van der Waals surface area contributed by atoms with E-state index >= 15 is 0 Å². The lowest BCUT2D eigenvalue weighted by molar-refractivity contribution is 0.102.